The van der Waals surface area contributed by atoms with Crippen LogP contribution in [0.1, 0.15) is 23.6 Å². The maximum absolute atomic E-state index is 11.1. The van der Waals surface area contributed by atoms with Gasteiger partial charge in [-0.2, -0.15) is 0 Å². The monoisotopic (exact) mass is 283 g/mol. The highest BCUT2D eigenvalue weighted by Crippen LogP contribution is 2.31. The summed E-state index contributed by atoms with van der Waals surface area (Å²) in [5, 5.41) is 17.9. The van der Waals surface area contributed by atoms with Gasteiger partial charge in [0, 0.05) is 12.6 Å². The number of hydrogen-bond acceptors (Lipinski definition) is 4. The topological polar surface area (TPSA) is 67.2 Å². The molecular formula is C16H17N3O2. The first kappa shape index (κ1) is 13.6. The van der Waals surface area contributed by atoms with Gasteiger partial charge < -0.3 is 10.6 Å². The van der Waals surface area contributed by atoms with Crippen LogP contribution in [0.4, 0.5) is 11.4 Å². The molecule has 1 aliphatic rings. The van der Waals surface area contributed by atoms with Crippen molar-refractivity contribution in [3.63, 3.8) is 0 Å². The van der Waals surface area contributed by atoms with Gasteiger partial charge in [-0.15, -0.1) is 0 Å². The van der Waals surface area contributed by atoms with E-state index >= 15 is 0 Å². The maximum Gasteiger partial charge on any atom is 0.292 e. The largest absolute Gasteiger partial charge is 0.373 e. The molecule has 0 saturated heterocycles. The predicted molar refractivity (Wildman–Crippen MR) is 82.2 cm³/mol. The minimum absolute atomic E-state index is 0.0808. The Morgan fingerprint density at radius 1 is 1.14 bits per heavy atom. The average Bonchev–Trinajstić information content (AvgIpc) is 2.70. The van der Waals surface area contributed by atoms with E-state index in [9.17, 15) is 10.1 Å². The molecular weight excluding hydrogens is 266 g/mol. The molecule has 108 valence electrons. The van der Waals surface area contributed by atoms with Gasteiger partial charge in [-0.3, -0.25) is 10.1 Å². The summed E-state index contributed by atoms with van der Waals surface area (Å²) >= 11 is 0. The molecule has 2 aromatic carbocycles. The normalized spacial score (nSPS) is 17.6. The van der Waals surface area contributed by atoms with Gasteiger partial charge in [-0.1, -0.05) is 36.4 Å². The first-order chi connectivity index (χ1) is 10.3. The molecule has 0 bridgehead atoms. The van der Waals surface area contributed by atoms with E-state index in [4.69, 9.17) is 0 Å². The number of fused-ring (bicyclic) bond motifs is 1. The molecule has 5 heteroatoms. The molecule has 1 unspecified atom stereocenters. The Morgan fingerprint density at radius 2 is 1.90 bits per heavy atom. The Balaban J connectivity index is 1.93. The third-order valence-corrected chi connectivity index (χ3v) is 3.79. The minimum atomic E-state index is -0.344. The van der Waals surface area contributed by atoms with E-state index in [1.165, 1.54) is 17.2 Å². The number of rotatable bonds is 3. The van der Waals surface area contributed by atoms with Crippen molar-refractivity contribution in [1.82, 2.24) is 5.32 Å². The lowest BCUT2D eigenvalue weighted by Gasteiger charge is -2.20. The van der Waals surface area contributed by atoms with Crippen molar-refractivity contribution in [2.45, 2.75) is 19.0 Å². The second-order valence-electron chi connectivity index (χ2n) is 5.14. The molecule has 2 N–H and O–H groups in total. The molecule has 0 aliphatic carbocycles. The van der Waals surface area contributed by atoms with Crippen molar-refractivity contribution in [3.8, 4) is 0 Å². The number of hydrogen-bond donors (Lipinski definition) is 2. The average molecular weight is 283 g/mol. The molecule has 2 aromatic rings. The number of nitrogens with zero attached hydrogens (tertiary/aromatic N) is 1. The number of nitro benzene ring substituents is 1. The predicted octanol–water partition coefficient (Wildman–Crippen LogP) is 3.24. The fourth-order valence-electron chi connectivity index (χ4n) is 2.75. The van der Waals surface area contributed by atoms with Gasteiger partial charge in [0.2, 0.25) is 0 Å². The highest BCUT2D eigenvalue weighted by molar-refractivity contribution is 5.62. The molecule has 1 atom stereocenters. The Kier molecular flexibility index (Phi) is 3.83. The molecule has 1 heterocycles. The van der Waals surface area contributed by atoms with Crippen LogP contribution in [0.3, 0.4) is 0 Å². The Bertz CT molecular complexity index is 657. The first-order valence-electron chi connectivity index (χ1n) is 7.04. The lowest BCUT2D eigenvalue weighted by Crippen LogP contribution is -2.15. The van der Waals surface area contributed by atoms with E-state index in [-0.39, 0.29) is 16.7 Å². The molecule has 0 saturated carbocycles. The van der Waals surface area contributed by atoms with E-state index in [2.05, 4.69) is 22.8 Å². The molecule has 0 aromatic heterocycles. The van der Waals surface area contributed by atoms with Crippen molar-refractivity contribution < 1.29 is 4.92 Å². The summed E-state index contributed by atoms with van der Waals surface area (Å²) in [5.41, 5.74) is 3.14. The quantitative estimate of drug-likeness (QED) is 0.670. The van der Waals surface area contributed by atoms with Crippen LogP contribution in [0.2, 0.25) is 0 Å². The van der Waals surface area contributed by atoms with Crippen LogP contribution in [0.25, 0.3) is 0 Å². The third-order valence-electron chi connectivity index (χ3n) is 3.79. The van der Waals surface area contributed by atoms with E-state index in [1.54, 1.807) is 12.1 Å². The summed E-state index contributed by atoms with van der Waals surface area (Å²) in [4.78, 5) is 10.8. The lowest BCUT2D eigenvalue weighted by atomic mass is 9.99. The van der Waals surface area contributed by atoms with Crippen LogP contribution >= 0.6 is 0 Å². The molecule has 3 rings (SSSR count). The van der Waals surface area contributed by atoms with Crippen molar-refractivity contribution >= 4 is 11.4 Å². The fraction of sp³-hybridized carbons (Fsp3) is 0.250. The van der Waals surface area contributed by atoms with Crippen molar-refractivity contribution in [3.05, 3.63) is 69.8 Å². The number of anilines is 1. The number of para-hydroxylation sites is 2. The molecule has 1 aliphatic heterocycles. The van der Waals surface area contributed by atoms with Gasteiger partial charge in [0.15, 0.2) is 0 Å². The maximum atomic E-state index is 11.1. The highest BCUT2D eigenvalue weighted by atomic mass is 16.6. The van der Waals surface area contributed by atoms with Crippen molar-refractivity contribution in [2.75, 3.05) is 11.9 Å². The highest BCUT2D eigenvalue weighted by Gasteiger charge is 2.21. The Morgan fingerprint density at radius 3 is 2.76 bits per heavy atom. The van der Waals surface area contributed by atoms with Gasteiger partial charge in [-0.25, -0.2) is 0 Å². The standard InChI is InChI=1S/C16H17N3O2/c20-19(21)16-8-4-3-7-15(16)18-14-9-10-17-11-12-5-1-2-6-13(12)14/h1-8,14,17-18H,9-11H2. The second kappa shape index (κ2) is 5.93. The second-order valence-corrected chi connectivity index (χ2v) is 5.14. The molecule has 0 amide bonds. The van der Waals surface area contributed by atoms with E-state index < -0.39 is 0 Å². The van der Waals surface area contributed by atoms with E-state index in [1.807, 2.05) is 18.2 Å². The number of benzene rings is 2. The summed E-state index contributed by atoms with van der Waals surface area (Å²) in [7, 11) is 0. The van der Waals surface area contributed by atoms with Gasteiger partial charge in [0.25, 0.3) is 5.69 Å². The molecule has 0 radical (unpaired) electrons. The SMILES string of the molecule is O=[N+]([O-])c1ccccc1NC1CCNCc2ccccc21. The summed E-state index contributed by atoms with van der Waals surface area (Å²) in [6, 6.07) is 15.1. The zero-order valence-electron chi connectivity index (χ0n) is 11.6. The van der Waals surface area contributed by atoms with Gasteiger partial charge in [0.05, 0.1) is 11.0 Å². The van der Waals surface area contributed by atoms with Crippen molar-refractivity contribution in [1.29, 1.82) is 0 Å². The third kappa shape index (κ3) is 2.87. The minimum Gasteiger partial charge on any atom is -0.373 e. The van der Waals surface area contributed by atoms with Crippen LogP contribution in [-0.2, 0) is 6.54 Å². The number of nitro groups is 1. The number of nitrogens with one attached hydrogen (secondary N) is 2. The van der Waals surface area contributed by atoms with Gasteiger partial charge >= 0.3 is 0 Å². The zero-order valence-corrected chi connectivity index (χ0v) is 11.6. The fourth-order valence-corrected chi connectivity index (χ4v) is 2.75. The van der Waals surface area contributed by atoms with Crippen LogP contribution in [0, 0.1) is 10.1 Å². The van der Waals surface area contributed by atoms with Gasteiger partial charge in [-0.05, 0) is 30.2 Å². The smallest absolute Gasteiger partial charge is 0.292 e. The summed E-state index contributed by atoms with van der Waals surface area (Å²) < 4.78 is 0. The summed E-state index contributed by atoms with van der Waals surface area (Å²) in [6.07, 6.45) is 0.892. The molecule has 5 nitrogen and oxygen atoms in total. The summed E-state index contributed by atoms with van der Waals surface area (Å²) in [6.45, 7) is 1.72. The van der Waals surface area contributed by atoms with Gasteiger partial charge in [0.1, 0.15) is 5.69 Å². The molecule has 0 spiro atoms. The van der Waals surface area contributed by atoms with Crippen LogP contribution in [-0.4, -0.2) is 11.5 Å². The van der Waals surface area contributed by atoms with E-state index in [0.29, 0.717) is 5.69 Å². The first-order valence-corrected chi connectivity index (χ1v) is 7.04. The van der Waals surface area contributed by atoms with E-state index in [0.717, 1.165) is 19.5 Å². The zero-order chi connectivity index (χ0) is 14.7. The Labute approximate surface area is 123 Å². The molecule has 0 fully saturated rings. The lowest BCUT2D eigenvalue weighted by molar-refractivity contribution is -0.384. The summed E-state index contributed by atoms with van der Waals surface area (Å²) in [5.74, 6) is 0. The van der Waals surface area contributed by atoms with Crippen LogP contribution in [0.15, 0.2) is 48.5 Å². The molecule has 21 heavy (non-hydrogen) atoms. The van der Waals surface area contributed by atoms with Crippen LogP contribution < -0.4 is 10.6 Å². The van der Waals surface area contributed by atoms with Crippen molar-refractivity contribution in [2.24, 2.45) is 0 Å². The Hall–Kier alpha value is -2.40. The van der Waals surface area contributed by atoms with Crippen LogP contribution in [0.5, 0.6) is 0 Å².